The number of aromatic nitrogens is 3. The standard InChI is InChI=1S/C69H50N6/c1-7-19-51(20-8-1)53-31-35-55(36-32-53)67-70-68(56-37-33-54(34-38-56)52-21-9-2-10-22-52)72-69(71-67)57-39-41-62(42-40-57)75(65-47-43-63(44-48-65)73(58-23-11-3-12-24-58)59-25-13-4-14-26-59)66-49-45-64(46-50-66)74(60-27-15-5-16-28-60)61-29-17-6-18-30-61/h1-50H. The molecule has 0 saturated carbocycles. The first-order valence-electron chi connectivity index (χ1n) is 25.2. The van der Waals surface area contributed by atoms with Crippen molar-refractivity contribution in [1.29, 1.82) is 0 Å². The molecule has 0 atom stereocenters. The molecule has 0 bridgehead atoms. The molecule has 0 aliphatic heterocycles. The molecule has 0 amide bonds. The summed E-state index contributed by atoms with van der Waals surface area (Å²) in [4.78, 5) is 22.3. The van der Waals surface area contributed by atoms with Gasteiger partial charge in [0, 0.05) is 67.9 Å². The SMILES string of the molecule is c1ccc(-c2ccc(-c3nc(-c4ccc(-c5ccccc5)cc4)nc(-c4ccc(N(c5ccc(N(c6ccccc6)c6ccccc6)cc5)c5ccc(N(c6ccccc6)c6ccccc6)cc5)cc4)n3)cc2)cc1. The number of para-hydroxylation sites is 4. The summed E-state index contributed by atoms with van der Waals surface area (Å²) in [6.45, 7) is 0. The number of rotatable bonds is 14. The van der Waals surface area contributed by atoms with E-state index in [-0.39, 0.29) is 0 Å². The van der Waals surface area contributed by atoms with Crippen LogP contribution in [0.2, 0.25) is 0 Å². The van der Waals surface area contributed by atoms with E-state index < -0.39 is 0 Å². The van der Waals surface area contributed by atoms with E-state index in [1.165, 1.54) is 0 Å². The molecule has 1 aromatic heterocycles. The first kappa shape index (κ1) is 45.9. The quantitative estimate of drug-likeness (QED) is 0.108. The van der Waals surface area contributed by atoms with E-state index in [9.17, 15) is 0 Å². The van der Waals surface area contributed by atoms with Crippen LogP contribution in [0.15, 0.2) is 303 Å². The summed E-state index contributed by atoms with van der Waals surface area (Å²) in [6, 6.07) is 106. The number of hydrogen-bond donors (Lipinski definition) is 0. The van der Waals surface area contributed by atoms with Gasteiger partial charge in [-0.2, -0.15) is 0 Å². The molecule has 0 spiro atoms. The average molecular weight is 963 g/mol. The highest BCUT2D eigenvalue weighted by atomic mass is 15.2. The van der Waals surface area contributed by atoms with Gasteiger partial charge in [-0.05, 0) is 144 Å². The molecule has 0 saturated heterocycles. The molecule has 0 radical (unpaired) electrons. The highest BCUT2D eigenvalue weighted by Gasteiger charge is 2.20. The zero-order chi connectivity index (χ0) is 50.2. The van der Waals surface area contributed by atoms with Gasteiger partial charge in [0.15, 0.2) is 17.5 Å². The average Bonchev–Trinajstić information content (AvgIpc) is 3.50. The number of hydrogen-bond acceptors (Lipinski definition) is 6. The normalized spacial score (nSPS) is 10.9. The van der Waals surface area contributed by atoms with E-state index in [1.54, 1.807) is 0 Å². The topological polar surface area (TPSA) is 48.4 Å². The number of benzene rings is 11. The van der Waals surface area contributed by atoms with Crippen LogP contribution in [0.5, 0.6) is 0 Å². The van der Waals surface area contributed by atoms with Crippen molar-refractivity contribution in [1.82, 2.24) is 15.0 Å². The van der Waals surface area contributed by atoms with Crippen molar-refractivity contribution >= 4 is 51.2 Å². The Hall–Kier alpha value is -10.2. The minimum atomic E-state index is 0.588. The van der Waals surface area contributed by atoms with Gasteiger partial charge in [0.1, 0.15) is 0 Å². The maximum atomic E-state index is 5.16. The van der Waals surface area contributed by atoms with E-state index in [1.807, 2.05) is 12.1 Å². The Labute approximate surface area is 438 Å². The van der Waals surface area contributed by atoms with E-state index in [4.69, 9.17) is 15.0 Å². The molecule has 12 rings (SSSR count). The van der Waals surface area contributed by atoms with Crippen LogP contribution in [0, 0.1) is 0 Å². The fraction of sp³-hybridized carbons (Fsp3) is 0. The number of nitrogens with zero attached hydrogens (tertiary/aromatic N) is 6. The lowest BCUT2D eigenvalue weighted by molar-refractivity contribution is 1.07. The maximum absolute atomic E-state index is 5.16. The molecular formula is C69H50N6. The van der Waals surface area contributed by atoms with Crippen molar-refractivity contribution < 1.29 is 0 Å². The van der Waals surface area contributed by atoms with Crippen LogP contribution in [-0.4, -0.2) is 15.0 Å². The monoisotopic (exact) mass is 962 g/mol. The molecule has 6 nitrogen and oxygen atoms in total. The third-order valence-electron chi connectivity index (χ3n) is 13.3. The van der Waals surface area contributed by atoms with E-state index in [0.29, 0.717) is 17.5 Å². The smallest absolute Gasteiger partial charge is 0.164 e. The van der Waals surface area contributed by atoms with Gasteiger partial charge in [-0.3, -0.25) is 0 Å². The summed E-state index contributed by atoms with van der Waals surface area (Å²) in [5.41, 5.74) is 16.7. The van der Waals surface area contributed by atoms with Crippen LogP contribution in [0.25, 0.3) is 56.4 Å². The molecule has 356 valence electrons. The molecule has 0 aliphatic rings. The van der Waals surface area contributed by atoms with Crippen molar-refractivity contribution in [3.63, 3.8) is 0 Å². The van der Waals surface area contributed by atoms with Crippen LogP contribution < -0.4 is 14.7 Å². The van der Waals surface area contributed by atoms with Crippen LogP contribution in [-0.2, 0) is 0 Å². The lowest BCUT2D eigenvalue weighted by atomic mass is 10.0. The summed E-state index contributed by atoms with van der Waals surface area (Å²) >= 11 is 0. The van der Waals surface area contributed by atoms with Gasteiger partial charge in [0.2, 0.25) is 0 Å². The van der Waals surface area contributed by atoms with Crippen LogP contribution >= 0.6 is 0 Å². The highest BCUT2D eigenvalue weighted by molar-refractivity contribution is 5.84. The molecule has 12 aromatic rings. The van der Waals surface area contributed by atoms with Gasteiger partial charge in [-0.25, -0.2) is 15.0 Å². The molecule has 0 N–H and O–H groups in total. The predicted molar refractivity (Wildman–Crippen MR) is 311 cm³/mol. The largest absolute Gasteiger partial charge is 0.311 e. The zero-order valence-electron chi connectivity index (χ0n) is 41.1. The summed E-state index contributed by atoms with van der Waals surface area (Å²) in [6.07, 6.45) is 0. The van der Waals surface area contributed by atoms with E-state index >= 15 is 0 Å². The Balaban J connectivity index is 0.937. The summed E-state index contributed by atoms with van der Waals surface area (Å²) < 4.78 is 0. The van der Waals surface area contributed by atoms with Crippen LogP contribution in [0.4, 0.5) is 51.2 Å². The molecule has 0 fully saturated rings. The van der Waals surface area contributed by atoms with Gasteiger partial charge in [-0.1, -0.05) is 182 Å². The molecule has 0 aliphatic carbocycles. The van der Waals surface area contributed by atoms with Crippen molar-refractivity contribution in [3.05, 3.63) is 303 Å². The van der Waals surface area contributed by atoms with Gasteiger partial charge in [0.05, 0.1) is 0 Å². The minimum Gasteiger partial charge on any atom is -0.311 e. The molecule has 11 aromatic carbocycles. The van der Waals surface area contributed by atoms with Gasteiger partial charge in [0.25, 0.3) is 0 Å². The summed E-state index contributed by atoms with van der Waals surface area (Å²) in [5.74, 6) is 1.80. The molecular weight excluding hydrogens is 913 g/mol. The van der Waals surface area contributed by atoms with Crippen molar-refractivity contribution in [2.45, 2.75) is 0 Å². The van der Waals surface area contributed by atoms with Crippen molar-refractivity contribution in [2.75, 3.05) is 14.7 Å². The minimum absolute atomic E-state index is 0.588. The van der Waals surface area contributed by atoms with Gasteiger partial charge in [-0.15, -0.1) is 0 Å². The molecule has 0 unspecified atom stereocenters. The molecule has 6 heteroatoms. The predicted octanol–water partition coefficient (Wildman–Crippen LogP) is 18.6. The van der Waals surface area contributed by atoms with Gasteiger partial charge >= 0.3 is 0 Å². The lowest BCUT2D eigenvalue weighted by Crippen LogP contribution is -2.13. The second kappa shape index (κ2) is 21.3. The Bertz CT molecular complexity index is 3440. The van der Waals surface area contributed by atoms with Crippen LogP contribution in [0.3, 0.4) is 0 Å². The first-order valence-corrected chi connectivity index (χ1v) is 25.2. The van der Waals surface area contributed by atoms with Gasteiger partial charge < -0.3 is 14.7 Å². The maximum Gasteiger partial charge on any atom is 0.164 e. The molecule has 75 heavy (non-hydrogen) atoms. The fourth-order valence-corrected chi connectivity index (χ4v) is 9.56. The fourth-order valence-electron chi connectivity index (χ4n) is 9.56. The third kappa shape index (κ3) is 10.0. The lowest BCUT2D eigenvalue weighted by Gasteiger charge is -2.29. The van der Waals surface area contributed by atoms with Crippen molar-refractivity contribution in [3.8, 4) is 56.4 Å². The van der Waals surface area contributed by atoms with Crippen molar-refractivity contribution in [2.24, 2.45) is 0 Å². The summed E-state index contributed by atoms with van der Waals surface area (Å²) in [7, 11) is 0. The molecule has 1 heterocycles. The summed E-state index contributed by atoms with van der Waals surface area (Å²) in [5, 5.41) is 0. The highest BCUT2D eigenvalue weighted by Crippen LogP contribution is 2.42. The van der Waals surface area contributed by atoms with Crippen LogP contribution in [0.1, 0.15) is 0 Å². The Morgan fingerprint density at radius 2 is 0.307 bits per heavy atom. The Morgan fingerprint density at radius 1 is 0.147 bits per heavy atom. The Morgan fingerprint density at radius 3 is 0.547 bits per heavy atom. The first-order chi connectivity index (χ1) is 37.2. The third-order valence-corrected chi connectivity index (χ3v) is 13.3. The zero-order valence-corrected chi connectivity index (χ0v) is 41.1. The second-order valence-electron chi connectivity index (χ2n) is 18.1. The Kier molecular flexibility index (Phi) is 13.0. The second-order valence-corrected chi connectivity index (χ2v) is 18.1. The van der Waals surface area contributed by atoms with E-state index in [2.05, 4.69) is 306 Å². The number of anilines is 9. The van der Waals surface area contributed by atoms with E-state index in [0.717, 1.165) is 90.1 Å².